The molecule has 0 spiro atoms. The summed E-state index contributed by atoms with van der Waals surface area (Å²) < 4.78 is 20.1. The Hall–Kier alpha value is -2.64. The fraction of sp³-hybridized carbons (Fsp3) is 0.364. The maximum Gasteiger partial charge on any atom is 0.197 e. The number of nitrogens with zero attached hydrogens (tertiary/aromatic N) is 5. The Labute approximate surface area is 179 Å². The highest BCUT2D eigenvalue weighted by Crippen LogP contribution is 2.55. The van der Waals surface area contributed by atoms with Gasteiger partial charge in [0.1, 0.15) is 0 Å². The first kappa shape index (κ1) is 19.3. The first-order valence-electron chi connectivity index (χ1n) is 10.00. The summed E-state index contributed by atoms with van der Waals surface area (Å²) in [5, 5.41) is 0.168. The molecule has 3 aromatic rings. The summed E-state index contributed by atoms with van der Waals surface area (Å²) in [5.41, 5.74) is 2.68. The third-order valence-corrected chi connectivity index (χ3v) is 6.21. The molecule has 0 N–H and O–H groups in total. The first-order valence-corrected chi connectivity index (χ1v) is 10.4. The van der Waals surface area contributed by atoms with Gasteiger partial charge in [-0.3, -0.25) is 0 Å². The molecule has 154 valence electrons. The molecule has 6 nitrogen and oxygen atoms in total. The molecule has 0 bridgehead atoms. The Balaban J connectivity index is 1.35. The van der Waals surface area contributed by atoms with E-state index in [0.717, 1.165) is 30.5 Å². The summed E-state index contributed by atoms with van der Waals surface area (Å²) in [4.78, 5) is 19.2. The average Bonchev–Trinajstić information content (AvgIpc) is 3.45. The molecule has 1 aliphatic carbocycles. The minimum Gasteiger partial charge on any atom is -0.380 e. The van der Waals surface area contributed by atoms with Crippen LogP contribution in [0, 0.1) is 5.82 Å². The summed E-state index contributed by atoms with van der Waals surface area (Å²) in [6.07, 6.45) is 8.98. The van der Waals surface area contributed by atoms with Crippen LogP contribution in [0.3, 0.4) is 0 Å². The molecule has 3 atom stereocenters. The van der Waals surface area contributed by atoms with Gasteiger partial charge in [0.25, 0.3) is 0 Å². The van der Waals surface area contributed by atoms with E-state index in [1.165, 1.54) is 0 Å². The normalized spacial score (nSPS) is 23.0. The van der Waals surface area contributed by atoms with Crippen LogP contribution in [0.4, 0.5) is 10.1 Å². The van der Waals surface area contributed by atoms with E-state index in [2.05, 4.69) is 19.9 Å². The van der Waals surface area contributed by atoms with E-state index in [1.807, 2.05) is 23.4 Å². The average molecular weight is 426 g/mol. The molecule has 2 aliphatic rings. The van der Waals surface area contributed by atoms with Crippen LogP contribution in [0.2, 0.25) is 5.02 Å². The third kappa shape index (κ3) is 3.63. The molecule has 1 saturated carbocycles. The van der Waals surface area contributed by atoms with Crippen molar-refractivity contribution in [2.75, 3.05) is 25.1 Å². The molecular formula is C22H21ClFN5O. The molecule has 1 saturated heterocycles. The Kier molecular flexibility index (Phi) is 5.08. The highest BCUT2D eigenvalue weighted by Gasteiger charge is 2.41. The quantitative estimate of drug-likeness (QED) is 0.609. The second kappa shape index (κ2) is 7.89. The van der Waals surface area contributed by atoms with Crippen LogP contribution >= 0.6 is 11.6 Å². The minimum absolute atomic E-state index is 0.129. The highest BCUT2D eigenvalue weighted by atomic mass is 35.5. The summed E-state index contributed by atoms with van der Waals surface area (Å²) in [7, 11) is 1.69. The number of benzene rings is 1. The van der Waals surface area contributed by atoms with Crippen LogP contribution in [0.1, 0.15) is 35.8 Å². The molecule has 1 aliphatic heterocycles. The van der Waals surface area contributed by atoms with Crippen molar-refractivity contribution in [1.29, 1.82) is 0 Å². The number of aromatic nitrogens is 4. The fourth-order valence-corrected chi connectivity index (χ4v) is 4.39. The first-order chi connectivity index (χ1) is 14.6. The number of anilines is 1. The van der Waals surface area contributed by atoms with E-state index in [0.29, 0.717) is 29.8 Å². The molecule has 0 unspecified atom stereocenters. The lowest BCUT2D eigenvalue weighted by molar-refractivity contribution is 0.121. The predicted octanol–water partition coefficient (Wildman–Crippen LogP) is 4.22. The number of methoxy groups -OCH3 is 1. The third-order valence-electron chi connectivity index (χ3n) is 5.93. The van der Waals surface area contributed by atoms with Crippen LogP contribution in [0.15, 0.2) is 43.0 Å². The summed E-state index contributed by atoms with van der Waals surface area (Å²) in [6.45, 7) is 1.44. The number of rotatable bonds is 5. The zero-order valence-electron chi connectivity index (χ0n) is 16.5. The van der Waals surface area contributed by atoms with E-state index < -0.39 is 0 Å². The van der Waals surface area contributed by atoms with Gasteiger partial charge in [0.15, 0.2) is 17.5 Å². The van der Waals surface area contributed by atoms with Crippen LogP contribution in [-0.4, -0.2) is 46.2 Å². The van der Waals surface area contributed by atoms with E-state index >= 15 is 0 Å². The van der Waals surface area contributed by atoms with Gasteiger partial charge in [-0.1, -0.05) is 11.6 Å². The van der Waals surface area contributed by atoms with Crippen molar-refractivity contribution in [3.63, 3.8) is 0 Å². The van der Waals surface area contributed by atoms with Crippen molar-refractivity contribution in [3.05, 3.63) is 65.0 Å². The highest BCUT2D eigenvalue weighted by molar-refractivity contribution is 6.31. The molecule has 30 heavy (non-hydrogen) atoms. The summed E-state index contributed by atoms with van der Waals surface area (Å²) in [5.74, 6) is 1.24. The Morgan fingerprint density at radius 1 is 1.03 bits per heavy atom. The van der Waals surface area contributed by atoms with Gasteiger partial charge in [0.05, 0.1) is 16.8 Å². The molecular weight excluding hydrogens is 405 g/mol. The van der Waals surface area contributed by atoms with Crippen LogP contribution in [0.5, 0.6) is 0 Å². The van der Waals surface area contributed by atoms with Crippen molar-refractivity contribution in [2.24, 2.45) is 0 Å². The fourth-order valence-electron chi connectivity index (χ4n) is 4.17. The summed E-state index contributed by atoms with van der Waals surface area (Å²) >= 11 is 6.25. The van der Waals surface area contributed by atoms with E-state index in [4.69, 9.17) is 16.3 Å². The van der Waals surface area contributed by atoms with Gasteiger partial charge in [-0.15, -0.1) is 0 Å². The second-order valence-electron chi connectivity index (χ2n) is 7.79. The lowest BCUT2D eigenvalue weighted by Gasteiger charge is -2.21. The number of halogens is 2. The zero-order chi connectivity index (χ0) is 20.7. The molecule has 8 heteroatoms. The van der Waals surface area contributed by atoms with Gasteiger partial charge in [-0.25, -0.2) is 24.3 Å². The van der Waals surface area contributed by atoms with E-state index in [9.17, 15) is 4.39 Å². The van der Waals surface area contributed by atoms with Crippen LogP contribution in [0.25, 0.3) is 11.6 Å². The molecule has 3 heterocycles. The lowest BCUT2D eigenvalue weighted by Crippen LogP contribution is -2.23. The molecule has 0 amide bonds. The lowest BCUT2D eigenvalue weighted by atomic mass is 10.1. The maximum absolute atomic E-state index is 14.7. The van der Waals surface area contributed by atoms with Gasteiger partial charge in [-0.2, -0.15) is 0 Å². The molecule has 0 radical (unpaired) electrons. The molecule has 5 rings (SSSR count). The smallest absolute Gasteiger partial charge is 0.197 e. The predicted molar refractivity (Wildman–Crippen MR) is 112 cm³/mol. The number of hydrogen-bond acceptors (Lipinski definition) is 6. The zero-order valence-corrected chi connectivity index (χ0v) is 17.3. The topological polar surface area (TPSA) is 64.0 Å². The van der Waals surface area contributed by atoms with Crippen molar-refractivity contribution >= 4 is 17.3 Å². The Morgan fingerprint density at radius 2 is 1.73 bits per heavy atom. The van der Waals surface area contributed by atoms with E-state index in [-0.39, 0.29) is 22.9 Å². The van der Waals surface area contributed by atoms with Crippen molar-refractivity contribution in [3.8, 4) is 11.6 Å². The monoisotopic (exact) mass is 425 g/mol. The number of ether oxygens (including phenoxy) is 1. The standard InChI is InChI=1S/C22H21ClFN5O/c1-30-15-3-6-29(12-15)19-8-13(7-18(23)20(19)24)16-9-17(16)14-10-27-22(28-11-14)21-25-4-2-5-26-21/h2,4-5,7-8,10-11,15-17H,3,6,9,12H2,1H3/t15-,16+,17+/m1/s1. The Morgan fingerprint density at radius 3 is 2.43 bits per heavy atom. The van der Waals surface area contributed by atoms with Crippen LogP contribution < -0.4 is 4.90 Å². The molecule has 2 fully saturated rings. The van der Waals surface area contributed by atoms with Crippen LogP contribution in [-0.2, 0) is 4.74 Å². The molecule has 2 aromatic heterocycles. The van der Waals surface area contributed by atoms with Crippen molar-refractivity contribution in [2.45, 2.75) is 30.8 Å². The van der Waals surface area contributed by atoms with Gasteiger partial charge < -0.3 is 9.64 Å². The molecule has 1 aromatic carbocycles. The van der Waals surface area contributed by atoms with Gasteiger partial charge in [0, 0.05) is 45.0 Å². The van der Waals surface area contributed by atoms with Gasteiger partial charge in [-0.05, 0) is 54.0 Å². The van der Waals surface area contributed by atoms with Crippen molar-refractivity contribution in [1.82, 2.24) is 19.9 Å². The SMILES string of the molecule is CO[C@@H]1CCN(c2cc([C@@H]3C[C@H]3c3cnc(-c4ncccn4)nc3)cc(Cl)c2F)C1. The number of hydrogen-bond donors (Lipinski definition) is 0. The van der Waals surface area contributed by atoms with Crippen molar-refractivity contribution < 1.29 is 9.13 Å². The maximum atomic E-state index is 14.7. The Bertz CT molecular complexity index is 1050. The minimum atomic E-state index is -0.357. The second-order valence-corrected chi connectivity index (χ2v) is 8.20. The van der Waals surface area contributed by atoms with E-state index in [1.54, 1.807) is 31.6 Å². The van der Waals surface area contributed by atoms with Gasteiger partial charge >= 0.3 is 0 Å². The van der Waals surface area contributed by atoms with Gasteiger partial charge in [0.2, 0.25) is 0 Å². The largest absolute Gasteiger partial charge is 0.380 e. The summed E-state index contributed by atoms with van der Waals surface area (Å²) in [6, 6.07) is 5.45.